The van der Waals surface area contributed by atoms with Gasteiger partial charge in [-0.15, -0.1) is 0 Å². The first kappa shape index (κ1) is 66.4. The molecule has 0 aliphatic heterocycles. The zero-order valence-electron chi connectivity index (χ0n) is 46.6. The van der Waals surface area contributed by atoms with Gasteiger partial charge in [-0.1, -0.05) is 317 Å². The number of esters is 3. The van der Waals surface area contributed by atoms with Crippen LogP contribution < -0.4 is 0 Å². The maximum atomic E-state index is 12.9. The predicted molar refractivity (Wildman–Crippen MR) is 293 cm³/mol. The number of carbonyl (C=O) groups is 3. The molecule has 0 saturated carbocycles. The van der Waals surface area contributed by atoms with Gasteiger partial charge in [0.05, 0.1) is 0 Å². The van der Waals surface area contributed by atoms with Crippen LogP contribution in [0.2, 0.25) is 0 Å². The largest absolute Gasteiger partial charge is 0.462 e. The highest BCUT2D eigenvalue weighted by molar-refractivity contribution is 5.71. The molecule has 0 amide bonds. The van der Waals surface area contributed by atoms with Crippen molar-refractivity contribution < 1.29 is 28.6 Å². The Bertz CT molecular complexity index is 1030. The zero-order chi connectivity index (χ0) is 49.5. The molecular weight excluding hydrogens is 841 g/mol. The summed E-state index contributed by atoms with van der Waals surface area (Å²) in [6.07, 6.45) is 62.4. The second-order valence-corrected chi connectivity index (χ2v) is 21.8. The molecule has 0 rings (SSSR count). The van der Waals surface area contributed by atoms with Crippen molar-refractivity contribution in [2.45, 2.75) is 361 Å². The highest BCUT2D eigenvalue weighted by Crippen LogP contribution is 2.18. The molecule has 0 heterocycles. The van der Waals surface area contributed by atoms with E-state index in [9.17, 15) is 14.4 Å². The van der Waals surface area contributed by atoms with Gasteiger partial charge in [0, 0.05) is 19.3 Å². The van der Waals surface area contributed by atoms with Crippen molar-refractivity contribution in [2.24, 2.45) is 5.92 Å². The molecule has 6 heteroatoms. The lowest BCUT2D eigenvalue weighted by atomic mass is 10.0. The van der Waals surface area contributed by atoms with E-state index in [2.05, 4.69) is 27.7 Å². The van der Waals surface area contributed by atoms with Crippen molar-refractivity contribution >= 4 is 17.9 Å². The lowest BCUT2D eigenvalue weighted by Gasteiger charge is -2.18. The highest BCUT2D eigenvalue weighted by atomic mass is 16.6. The van der Waals surface area contributed by atoms with Crippen molar-refractivity contribution in [2.75, 3.05) is 13.2 Å². The Kier molecular flexibility index (Phi) is 55.0. The molecule has 0 unspecified atom stereocenters. The van der Waals surface area contributed by atoms with Crippen LogP contribution in [0.1, 0.15) is 355 Å². The lowest BCUT2D eigenvalue weighted by Crippen LogP contribution is -2.30. The third kappa shape index (κ3) is 55.3. The molecule has 0 aliphatic rings. The SMILES string of the molecule is CCCCCCCCCCCCCCCCCCCCC(=O)OC[C@@H](COC(=O)CCCCCCCCCCCCCCCCC)OC(=O)CCCCCCCCCCCCCCCCC(C)C. The summed E-state index contributed by atoms with van der Waals surface area (Å²) < 4.78 is 16.9. The van der Waals surface area contributed by atoms with E-state index in [4.69, 9.17) is 14.2 Å². The first-order chi connectivity index (χ1) is 33.4. The van der Waals surface area contributed by atoms with E-state index < -0.39 is 6.10 Å². The Hall–Kier alpha value is -1.59. The van der Waals surface area contributed by atoms with E-state index in [-0.39, 0.29) is 31.1 Å². The molecule has 0 aromatic heterocycles. The van der Waals surface area contributed by atoms with Crippen molar-refractivity contribution in [3.63, 3.8) is 0 Å². The van der Waals surface area contributed by atoms with Crippen LogP contribution >= 0.6 is 0 Å². The number of hydrogen-bond acceptors (Lipinski definition) is 6. The summed E-state index contributed by atoms with van der Waals surface area (Å²) in [5.74, 6) is 0.0136. The molecule has 68 heavy (non-hydrogen) atoms. The van der Waals surface area contributed by atoms with Gasteiger partial charge >= 0.3 is 17.9 Å². The number of rotatable bonds is 57. The van der Waals surface area contributed by atoms with Gasteiger partial charge < -0.3 is 14.2 Å². The topological polar surface area (TPSA) is 78.9 Å². The molecular formula is C62H120O6. The fraction of sp³-hybridized carbons (Fsp3) is 0.952. The molecule has 0 radical (unpaired) electrons. The first-order valence-corrected chi connectivity index (χ1v) is 30.9. The van der Waals surface area contributed by atoms with Crippen LogP contribution in [0.3, 0.4) is 0 Å². The van der Waals surface area contributed by atoms with Gasteiger partial charge in [-0.3, -0.25) is 14.4 Å². The van der Waals surface area contributed by atoms with Crippen LogP contribution in [0.25, 0.3) is 0 Å². The monoisotopic (exact) mass is 961 g/mol. The Morgan fingerprint density at radius 1 is 0.279 bits per heavy atom. The number of unbranched alkanes of at least 4 members (excludes halogenated alkanes) is 44. The average Bonchev–Trinajstić information content (AvgIpc) is 3.32. The Morgan fingerprint density at radius 2 is 0.485 bits per heavy atom. The second kappa shape index (κ2) is 56.3. The summed E-state index contributed by atoms with van der Waals surface area (Å²) >= 11 is 0. The van der Waals surface area contributed by atoms with Gasteiger partial charge in [0.25, 0.3) is 0 Å². The second-order valence-electron chi connectivity index (χ2n) is 21.8. The van der Waals surface area contributed by atoms with Gasteiger partial charge in [0.15, 0.2) is 6.10 Å². The minimum Gasteiger partial charge on any atom is -0.462 e. The molecule has 0 saturated heterocycles. The highest BCUT2D eigenvalue weighted by Gasteiger charge is 2.19. The van der Waals surface area contributed by atoms with Crippen LogP contribution in [0.15, 0.2) is 0 Å². The van der Waals surface area contributed by atoms with Crippen LogP contribution in [-0.4, -0.2) is 37.2 Å². The molecule has 0 N–H and O–H groups in total. The number of ether oxygens (including phenoxy) is 3. The smallest absolute Gasteiger partial charge is 0.306 e. The first-order valence-electron chi connectivity index (χ1n) is 30.9. The summed E-state index contributed by atoms with van der Waals surface area (Å²) in [5, 5.41) is 0. The van der Waals surface area contributed by atoms with E-state index in [0.717, 1.165) is 63.7 Å². The Balaban J connectivity index is 4.29. The molecule has 0 aromatic rings. The van der Waals surface area contributed by atoms with E-state index in [1.165, 1.54) is 250 Å². The fourth-order valence-corrected chi connectivity index (χ4v) is 9.63. The van der Waals surface area contributed by atoms with Crippen molar-refractivity contribution in [1.82, 2.24) is 0 Å². The molecule has 6 nitrogen and oxygen atoms in total. The van der Waals surface area contributed by atoms with E-state index in [1.54, 1.807) is 0 Å². The van der Waals surface area contributed by atoms with Gasteiger partial charge in [-0.2, -0.15) is 0 Å². The van der Waals surface area contributed by atoms with Crippen LogP contribution in [-0.2, 0) is 28.6 Å². The molecule has 404 valence electrons. The van der Waals surface area contributed by atoms with E-state index in [0.29, 0.717) is 19.3 Å². The third-order valence-electron chi connectivity index (χ3n) is 14.3. The molecule has 0 spiro atoms. The van der Waals surface area contributed by atoms with Gasteiger partial charge in [0.1, 0.15) is 13.2 Å². The molecule has 0 fully saturated rings. The normalized spacial score (nSPS) is 12.0. The molecule has 0 aromatic carbocycles. The van der Waals surface area contributed by atoms with E-state index in [1.807, 2.05) is 0 Å². The maximum absolute atomic E-state index is 12.9. The summed E-state index contributed by atoms with van der Waals surface area (Å²) in [6.45, 7) is 9.08. The summed E-state index contributed by atoms with van der Waals surface area (Å²) in [5.41, 5.74) is 0. The Labute approximate surface area is 425 Å². The van der Waals surface area contributed by atoms with Gasteiger partial charge in [-0.25, -0.2) is 0 Å². The van der Waals surface area contributed by atoms with Crippen molar-refractivity contribution in [3.05, 3.63) is 0 Å². The summed E-state index contributed by atoms with van der Waals surface area (Å²) in [4.78, 5) is 38.2. The van der Waals surface area contributed by atoms with Crippen molar-refractivity contribution in [1.29, 1.82) is 0 Å². The van der Waals surface area contributed by atoms with Crippen LogP contribution in [0.4, 0.5) is 0 Å². The van der Waals surface area contributed by atoms with Crippen LogP contribution in [0.5, 0.6) is 0 Å². The zero-order valence-corrected chi connectivity index (χ0v) is 46.6. The van der Waals surface area contributed by atoms with Crippen molar-refractivity contribution in [3.8, 4) is 0 Å². The standard InChI is InChI=1S/C62H120O6/c1-5-7-9-11-13-15-17-19-21-22-23-25-30-34-38-42-46-50-54-61(64)67-57-59(56-66-60(63)53-49-45-41-37-33-29-24-20-18-16-14-12-10-8-6-2)68-62(65)55-51-47-43-39-35-31-27-26-28-32-36-40-44-48-52-58(3)4/h58-59H,5-57H2,1-4H3/t59-/m1/s1. The third-order valence-corrected chi connectivity index (χ3v) is 14.3. The minimum atomic E-state index is -0.762. The predicted octanol–water partition coefficient (Wildman–Crippen LogP) is 20.6. The minimum absolute atomic E-state index is 0.0614. The van der Waals surface area contributed by atoms with Gasteiger partial charge in [0.2, 0.25) is 0 Å². The lowest BCUT2D eigenvalue weighted by molar-refractivity contribution is -0.167. The van der Waals surface area contributed by atoms with E-state index >= 15 is 0 Å². The van der Waals surface area contributed by atoms with Crippen LogP contribution in [0, 0.1) is 5.92 Å². The number of carbonyl (C=O) groups excluding carboxylic acids is 3. The maximum Gasteiger partial charge on any atom is 0.306 e. The van der Waals surface area contributed by atoms with Gasteiger partial charge in [-0.05, 0) is 25.2 Å². The Morgan fingerprint density at radius 3 is 0.721 bits per heavy atom. The quantitative estimate of drug-likeness (QED) is 0.0343. The molecule has 1 atom stereocenters. The molecule has 0 aliphatic carbocycles. The summed E-state index contributed by atoms with van der Waals surface area (Å²) in [7, 11) is 0. The summed E-state index contributed by atoms with van der Waals surface area (Å²) in [6, 6.07) is 0. The fourth-order valence-electron chi connectivity index (χ4n) is 9.63. The molecule has 0 bridgehead atoms. The number of hydrogen-bond donors (Lipinski definition) is 0. The average molecular weight is 962 g/mol.